The molecule has 0 saturated heterocycles. The molecule has 2 heteroatoms. The van der Waals surface area contributed by atoms with E-state index in [0.717, 1.165) is 12.2 Å². The first kappa shape index (κ1) is 16.5. The fourth-order valence-corrected chi connectivity index (χ4v) is 3.34. The van der Waals surface area contributed by atoms with E-state index in [9.17, 15) is 0 Å². The number of nitrogens with two attached hydrogens (primary N) is 1. The van der Waals surface area contributed by atoms with Gasteiger partial charge >= 0.3 is 0 Å². The monoisotopic (exact) mass is 319 g/mol. The van der Waals surface area contributed by atoms with Crippen LogP contribution in [0.25, 0.3) is 10.8 Å². The molecule has 0 saturated carbocycles. The maximum Gasteiger partial charge on any atom is 0.125 e. The summed E-state index contributed by atoms with van der Waals surface area (Å²) in [6.07, 6.45) is 0.915. The molecule has 0 amide bonds. The van der Waals surface area contributed by atoms with E-state index in [0.29, 0.717) is 19.1 Å². The second-order valence-corrected chi connectivity index (χ2v) is 6.36. The van der Waals surface area contributed by atoms with Gasteiger partial charge in [-0.3, -0.25) is 0 Å². The van der Waals surface area contributed by atoms with Crippen molar-refractivity contribution in [2.24, 2.45) is 5.73 Å². The molecule has 0 heterocycles. The van der Waals surface area contributed by atoms with Gasteiger partial charge in [0.1, 0.15) is 5.75 Å². The zero-order valence-corrected chi connectivity index (χ0v) is 14.5. The average molecular weight is 319 g/mol. The third-order valence-electron chi connectivity index (χ3n) is 4.67. The maximum atomic E-state index is 6.08. The van der Waals surface area contributed by atoms with Crippen molar-refractivity contribution in [3.63, 3.8) is 0 Å². The molecule has 0 aromatic heterocycles. The van der Waals surface area contributed by atoms with Crippen LogP contribution >= 0.6 is 0 Å². The maximum absolute atomic E-state index is 6.08. The Morgan fingerprint density at radius 3 is 2.29 bits per heavy atom. The van der Waals surface area contributed by atoms with E-state index >= 15 is 0 Å². The molecule has 0 fully saturated rings. The molecular weight excluding hydrogens is 294 g/mol. The van der Waals surface area contributed by atoms with Crippen LogP contribution in [0.15, 0.2) is 60.7 Å². The summed E-state index contributed by atoms with van der Waals surface area (Å²) in [6, 6.07) is 21.2. The predicted octanol–water partition coefficient (Wildman–Crippen LogP) is 4.97. The lowest BCUT2D eigenvalue weighted by Gasteiger charge is -2.19. The average Bonchev–Trinajstić information content (AvgIpc) is 2.61. The van der Waals surface area contributed by atoms with E-state index in [1.165, 1.54) is 27.5 Å². The third kappa shape index (κ3) is 3.44. The quantitative estimate of drug-likeness (QED) is 0.696. The van der Waals surface area contributed by atoms with Crippen LogP contribution in [0.5, 0.6) is 5.75 Å². The fraction of sp³-hybridized carbons (Fsp3) is 0.273. The molecule has 3 rings (SSSR count). The summed E-state index contributed by atoms with van der Waals surface area (Å²) in [5.41, 5.74) is 9.77. The minimum absolute atomic E-state index is 0.306. The lowest BCUT2D eigenvalue weighted by molar-refractivity contribution is 0.295. The van der Waals surface area contributed by atoms with Gasteiger partial charge in [0.25, 0.3) is 0 Å². The lowest BCUT2D eigenvalue weighted by atomic mass is 9.91. The second-order valence-electron chi connectivity index (χ2n) is 6.36. The summed E-state index contributed by atoms with van der Waals surface area (Å²) in [5.74, 6) is 1.31. The minimum atomic E-state index is 0.306. The van der Waals surface area contributed by atoms with Crippen molar-refractivity contribution >= 4 is 10.8 Å². The standard InChI is InChI=1S/C22H25NO/c1-16-7-5-8-17(2)22(16)24-14-13-19(15-23)21-12-6-10-18-9-3-4-11-20(18)21/h3-12,19H,13-15,23H2,1-2H3. The predicted molar refractivity (Wildman–Crippen MR) is 102 cm³/mol. The first-order valence-electron chi connectivity index (χ1n) is 8.57. The SMILES string of the molecule is Cc1cccc(C)c1OCCC(CN)c1cccc2ccccc12. The summed E-state index contributed by atoms with van der Waals surface area (Å²) in [4.78, 5) is 0. The lowest BCUT2D eigenvalue weighted by Crippen LogP contribution is -2.16. The van der Waals surface area contributed by atoms with Crippen molar-refractivity contribution in [3.8, 4) is 5.75 Å². The second kappa shape index (κ2) is 7.50. The number of hydrogen-bond acceptors (Lipinski definition) is 2. The van der Waals surface area contributed by atoms with Gasteiger partial charge in [-0.05, 0) is 60.2 Å². The molecule has 3 aromatic carbocycles. The van der Waals surface area contributed by atoms with E-state index in [1.54, 1.807) is 0 Å². The Bertz CT molecular complexity index is 800. The van der Waals surface area contributed by atoms with E-state index in [2.05, 4.69) is 74.5 Å². The Balaban J connectivity index is 1.75. The van der Waals surface area contributed by atoms with Crippen molar-refractivity contribution in [2.75, 3.05) is 13.2 Å². The largest absolute Gasteiger partial charge is 0.493 e. The Hall–Kier alpha value is -2.32. The minimum Gasteiger partial charge on any atom is -0.493 e. The van der Waals surface area contributed by atoms with Crippen LogP contribution in [0.3, 0.4) is 0 Å². The molecule has 0 bridgehead atoms. The van der Waals surface area contributed by atoms with Crippen LogP contribution in [0.1, 0.15) is 29.0 Å². The highest BCUT2D eigenvalue weighted by Crippen LogP contribution is 2.28. The number of benzene rings is 3. The first-order valence-corrected chi connectivity index (χ1v) is 8.57. The molecule has 0 aliphatic heterocycles. The van der Waals surface area contributed by atoms with Crippen molar-refractivity contribution in [2.45, 2.75) is 26.2 Å². The van der Waals surface area contributed by atoms with Gasteiger partial charge in [-0.2, -0.15) is 0 Å². The molecule has 0 aliphatic rings. The van der Waals surface area contributed by atoms with Crippen LogP contribution in [0, 0.1) is 13.8 Å². The number of rotatable bonds is 6. The first-order chi connectivity index (χ1) is 11.7. The zero-order valence-electron chi connectivity index (χ0n) is 14.5. The van der Waals surface area contributed by atoms with E-state index < -0.39 is 0 Å². The fourth-order valence-electron chi connectivity index (χ4n) is 3.34. The number of hydrogen-bond donors (Lipinski definition) is 1. The number of ether oxygens (including phenoxy) is 1. The van der Waals surface area contributed by atoms with E-state index in [4.69, 9.17) is 10.5 Å². The van der Waals surface area contributed by atoms with Gasteiger partial charge in [0.15, 0.2) is 0 Å². The molecule has 3 aromatic rings. The highest BCUT2D eigenvalue weighted by molar-refractivity contribution is 5.86. The summed E-state index contributed by atoms with van der Waals surface area (Å²) < 4.78 is 6.08. The Labute approximate surface area is 144 Å². The molecule has 124 valence electrons. The number of aryl methyl sites for hydroxylation is 2. The summed E-state index contributed by atoms with van der Waals surface area (Å²) in [6.45, 7) is 5.49. The molecule has 0 spiro atoms. The van der Waals surface area contributed by atoms with Gasteiger partial charge in [-0.1, -0.05) is 60.7 Å². The topological polar surface area (TPSA) is 35.2 Å². The van der Waals surface area contributed by atoms with Crippen LogP contribution < -0.4 is 10.5 Å². The highest BCUT2D eigenvalue weighted by atomic mass is 16.5. The van der Waals surface area contributed by atoms with Gasteiger partial charge in [-0.25, -0.2) is 0 Å². The van der Waals surface area contributed by atoms with Crippen LogP contribution in [0.2, 0.25) is 0 Å². The summed E-state index contributed by atoms with van der Waals surface area (Å²) in [5, 5.41) is 2.56. The third-order valence-corrected chi connectivity index (χ3v) is 4.67. The number of fused-ring (bicyclic) bond motifs is 1. The van der Waals surface area contributed by atoms with Crippen LogP contribution in [0.4, 0.5) is 0 Å². The van der Waals surface area contributed by atoms with Gasteiger partial charge < -0.3 is 10.5 Å². The molecule has 1 unspecified atom stereocenters. The van der Waals surface area contributed by atoms with Crippen molar-refractivity contribution in [1.82, 2.24) is 0 Å². The smallest absolute Gasteiger partial charge is 0.125 e. The van der Waals surface area contributed by atoms with Crippen molar-refractivity contribution in [1.29, 1.82) is 0 Å². The molecular formula is C22H25NO. The number of para-hydroxylation sites is 1. The van der Waals surface area contributed by atoms with Gasteiger partial charge in [0, 0.05) is 0 Å². The van der Waals surface area contributed by atoms with Crippen LogP contribution in [-0.2, 0) is 0 Å². The van der Waals surface area contributed by atoms with E-state index in [1.807, 2.05) is 0 Å². The van der Waals surface area contributed by atoms with E-state index in [-0.39, 0.29) is 0 Å². The Morgan fingerprint density at radius 1 is 0.875 bits per heavy atom. The summed E-state index contributed by atoms with van der Waals surface area (Å²) in [7, 11) is 0. The molecule has 1 atom stereocenters. The zero-order chi connectivity index (χ0) is 16.9. The van der Waals surface area contributed by atoms with Gasteiger partial charge in [0.05, 0.1) is 6.61 Å². The van der Waals surface area contributed by atoms with Gasteiger partial charge in [-0.15, -0.1) is 0 Å². The van der Waals surface area contributed by atoms with Crippen molar-refractivity contribution < 1.29 is 4.74 Å². The molecule has 0 radical (unpaired) electrons. The normalized spacial score (nSPS) is 12.3. The molecule has 24 heavy (non-hydrogen) atoms. The molecule has 0 aliphatic carbocycles. The highest BCUT2D eigenvalue weighted by Gasteiger charge is 2.13. The molecule has 2 nitrogen and oxygen atoms in total. The molecule has 2 N–H and O–H groups in total. The Morgan fingerprint density at radius 2 is 1.54 bits per heavy atom. The summed E-state index contributed by atoms with van der Waals surface area (Å²) >= 11 is 0. The van der Waals surface area contributed by atoms with Gasteiger partial charge in [0.2, 0.25) is 0 Å². The Kier molecular flexibility index (Phi) is 5.17. The van der Waals surface area contributed by atoms with Crippen molar-refractivity contribution in [3.05, 3.63) is 77.4 Å². The van der Waals surface area contributed by atoms with Crippen LogP contribution in [-0.4, -0.2) is 13.2 Å².